The van der Waals surface area contributed by atoms with E-state index >= 15 is 0 Å². The van der Waals surface area contributed by atoms with E-state index in [1.807, 2.05) is 6.07 Å². The summed E-state index contributed by atoms with van der Waals surface area (Å²) in [5.74, 6) is -1.87. The van der Waals surface area contributed by atoms with Crippen LogP contribution in [0, 0.1) is 5.82 Å². The molecule has 0 saturated heterocycles. The van der Waals surface area contributed by atoms with Crippen LogP contribution in [0.25, 0.3) is 0 Å². The number of fused-ring (bicyclic) bond motifs is 1. The van der Waals surface area contributed by atoms with Gasteiger partial charge in [-0.25, -0.2) is 4.39 Å². The number of hydrogen-bond acceptors (Lipinski definition) is 2. The molecule has 1 atom stereocenters. The van der Waals surface area contributed by atoms with Gasteiger partial charge in [0.05, 0.1) is 5.56 Å². The monoisotopic (exact) mass is 442 g/mol. The van der Waals surface area contributed by atoms with E-state index < -0.39 is 42.0 Å². The SMILES string of the molecule is O=C(NCc1ccccc1)C1c2cc(F)ccc2C(=O)N1Cc1ccccc1C(F)(F)F. The molecular formula is C24H18F4N2O2. The third-order valence-corrected chi connectivity index (χ3v) is 5.33. The van der Waals surface area contributed by atoms with Crippen molar-refractivity contribution in [3.05, 3.63) is 106 Å². The van der Waals surface area contributed by atoms with Crippen LogP contribution in [0.3, 0.4) is 0 Å². The first-order valence-electron chi connectivity index (χ1n) is 9.83. The first kappa shape index (κ1) is 21.5. The van der Waals surface area contributed by atoms with Crippen LogP contribution >= 0.6 is 0 Å². The van der Waals surface area contributed by atoms with Crippen molar-refractivity contribution < 1.29 is 27.2 Å². The number of rotatable bonds is 5. The molecule has 1 aliphatic heterocycles. The van der Waals surface area contributed by atoms with Gasteiger partial charge < -0.3 is 10.2 Å². The molecule has 1 aliphatic rings. The van der Waals surface area contributed by atoms with Crippen LogP contribution in [0.2, 0.25) is 0 Å². The van der Waals surface area contributed by atoms with Gasteiger partial charge in [0.15, 0.2) is 0 Å². The molecule has 1 heterocycles. The predicted octanol–water partition coefficient (Wildman–Crippen LogP) is 4.86. The third kappa shape index (κ3) is 4.21. The van der Waals surface area contributed by atoms with Gasteiger partial charge >= 0.3 is 6.18 Å². The Morgan fingerprint density at radius 1 is 0.969 bits per heavy atom. The Morgan fingerprint density at radius 2 is 1.66 bits per heavy atom. The van der Waals surface area contributed by atoms with Crippen molar-refractivity contribution in [3.8, 4) is 0 Å². The average molecular weight is 442 g/mol. The van der Waals surface area contributed by atoms with Gasteiger partial charge in [0.2, 0.25) is 5.91 Å². The standard InChI is InChI=1S/C24H18F4N2O2/c25-17-10-11-18-19(12-17)21(22(31)29-13-15-6-2-1-3-7-15)30(23(18)32)14-16-8-4-5-9-20(16)24(26,27)28/h1-12,21H,13-14H2,(H,29,31). The largest absolute Gasteiger partial charge is 0.416 e. The van der Waals surface area contributed by atoms with Crippen molar-refractivity contribution in [2.45, 2.75) is 25.3 Å². The highest BCUT2D eigenvalue weighted by atomic mass is 19.4. The minimum absolute atomic E-state index is 0.0933. The smallest absolute Gasteiger partial charge is 0.350 e. The molecule has 164 valence electrons. The van der Waals surface area contributed by atoms with Gasteiger partial charge in [-0.1, -0.05) is 48.5 Å². The molecule has 8 heteroatoms. The number of amides is 2. The quantitative estimate of drug-likeness (QED) is 0.574. The maximum Gasteiger partial charge on any atom is 0.416 e. The second-order valence-electron chi connectivity index (χ2n) is 7.43. The summed E-state index contributed by atoms with van der Waals surface area (Å²) in [6.45, 7) is -0.295. The summed E-state index contributed by atoms with van der Waals surface area (Å²) >= 11 is 0. The summed E-state index contributed by atoms with van der Waals surface area (Å²) in [6.07, 6.45) is -4.62. The molecule has 0 saturated carbocycles. The van der Waals surface area contributed by atoms with Crippen LogP contribution in [0.5, 0.6) is 0 Å². The molecule has 2 amide bonds. The van der Waals surface area contributed by atoms with Crippen molar-refractivity contribution in [2.24, 2.45) is 0 Å². The van der Waals surface area contributed by atoms with E-state index in [1.54, 1.807) is 24.3 Å². The summed E-state index contributed by atoms with van der Waals surface area (Å²) in [7, 11) is 0. The van der Waals surface area contributed by atoms with Gasteiger partial charge in [0.25, 0.3) is 5.91 Å². The Bertz CT molecular complexity index is 1160. The number of carbonyl (C=O) groups excluding carboxylic acids is 2. The number of halogens is 4. The van der Waals surface area contributed by atoms with E-state index in [0.717, 1.165) is 28.7 Å². The molecule has 0 spiro atoms. The van der Waals surface area contributed by atoms with Crippen LogP contribution < -0.4 is 5.32 Å². The van der Waals surface area contributed by atoms with Crippen LogP contribution in [0.1, 0.15) is 38.7 Å². The van der Waals surface area contributed by atoms with Gasteiger partial charge in [-0.15, -0.1) is 0 Å². The zero-order valence-electron chi connectivity index (χ0n) is 16.7. The fraction of sp³-hybridized carbons (Fsp3) is 0.167. The highest BCUT2D eigenvalue weighted by molar-refractivity contribution is 6.04. The molecule has 0 fully saturated rings. The number of hydrogen-bond donors (Lipinski definition) is 1. The molecule has 3 aromatic carbocycles. The first-order chi connectivity index (χ1) is 15.3. The second-order valence-corrected chi connectivity index (χ2v) is 7.43. The third-order valence-electron chi connectivity index (χ3n) is 5.33. The van der Waals surface area contributed by atoms with Crippen molar-refractivity contribution in [1.82, 2.24) is 10.2 Å². The van der Waals surface area contributed by atoms with E-state index in [4.69, 9.17) is 0 Å². The predicted molar refractivity (Wildman–Crippen MR) is 109 cm³/mol. The van der Waals surface area contributed by atoms with Crippen molar-refractivity contribution >= 4 is 11.8 Å². The van der Waals surface area contributed by atoms with E-state index in [9.17, 15) is 27.2 Å². The molecule has 0 radical (unpaired) electrons. The van der Waals surface area contributed by atoms with Gasteiger partial charge in [-0.2, -0.15) is 13.2 Å². The van der Waals surface area contributed by atoms with Crippen LogP contribution in [-0.4, -0.2) is 16.7 Å². The topological polar surface area (TPSA) is 49.4 Å². The summed E-state index contributed by atoms with van der Waals surface area (Å²) < 4.78 is 54.3. The second kappa shape index (κ2) is 8.45. The number of carbonyl (C=O) groups is 2. The summed E-state index contributed by atoms with van der Waals surface area (Å²) in [5.41, 5.74) is -0.0136. The van der Waals surface area contributed by atoms with Gasteiger partial charge in [-0.3, -0.25) is 9.59 Å². The first-order valence-corrected chi connectivity index (χ1v) is 9.83. The normalized spacial score (nSPS) is 15.6. The van der Waals surface area contributed by atoms with E-state index in [2.05, 4.69) is 5.32 Å². The Kier molecular flexibility index (Phi) is 5.69. The minimum atomic E-state index is -4.62. The molecule has 0 bridgehead atoms. The Morgan fingerprint density at radius 3 is 2.38 bits per heavy atom. The number of benzene rings is 3. The van der Waals surface area contributed by atoms with Gasteiger partial charge in [0, 0.05) is 18.7 Å². The molecule has 0 aliphatic carbocycles. The van der Waals surface area contributed by atoms with Crippen molar-refractivity contribution in [1.29, 1.82) is 0 Å². The zero-order valence-corrected chi connectivity index (χ0v) is 16.7. The Labute approximate surface area is 181 Å². The highest BCUT2D eigenvalue weighted by Crippen LogP contribution is 2.38. The lowest BCUT2D eigenvalue weighted by molar-refractivity contribution is -0.138. The molecule has 0 aromatic heterocycles. The zero-order chi connectivity index (χ0) is 22.9. The fourth-order valence-corrected chi connectivity index (χ4v) is 3.84. The minimum Gasteiger partial charge on any atom is -0.350 e. The lowest BCUT2D eigenvalue weighted by Gasteiger charge is -2.26. The number of alkyl halides is 3. The fourth-order valence-electron chi connectivity index (χ4n) is 3.84. The van der Waals surface area contributed by atoms with Gasteiger partial charge in [-0.05, 0) is 41.0 Å². The van der Waals surface area contributed by atoms with E-state index in [1.165, 1.54) is 24.3 Å². The lowest BCUT2D eigenvalue weighted by Crippen LogP contribution is -2.38. The van der Waals surface area contributed by atoms with Crippen molar-refractivity contribution in [2.75, 3.05) is 0 Å². The summed E-state index contributed by atoms with van der Waals surface area (Å²) in [6, 6.07) is 16.0. The lowest BCUT2D eigenvalue weighted by atomic mass is 10.0. The average Bonchev–Trinajstić information content (AvgIpc) is 3.03. The van der Waals surface area contributed by atoms with Crippen molar-refractivity contribution in [3.63, 3.8) is 0 Å². The molecular weight excluding hydrogens is 424 g/mol. The molecule has 1 unspecified atom stereocenters. The molecule has 1 N–H and O–H groups in total. The summed E-state index contributed by atoms with van der Waals surface area (Å²) in [4.78, 5) is 27.1. The number of nitrogens with zero attached hydrogens (tertiary/aromatic N) is 1. The highest BCUT2D eigenvalue weighted by Gasteiger charge is 2.42. The van der Waals surface area contributed by atoms with Crippen LogP contribution in [0.15, 0.2) is 72.8 Å². The maximum atomic E-state index is 13.9. The maximum absolute atomic E-state index is 13.9. The molecule has 32 heavy (non-hydrogen) atoms. The Balaban J connectivity index is 1.68. The van der Waals surface area contributed by atoms with Crippen LogP contribution in [0.4, 0.5) is 17.6 Å². The molecule has 3 aromatic rings. The molecule has 4 rings (SSSR count). The van der Waals surface area contributed by atoms with E-state index in [-0.39, 0.29) is 23.2 Å². The summed E-state index contributed by atoms with van der Waals surface area (Å²) in [5, 5.41) is 2.70. The number of nitrogens with one attached hydrogen (secondary N) is 1. The van der Waals surface area contributed by atoms with Gasteiger partial charge in [0.1, 0.15) is 11.9 Å². The molecule has 4 nitrogen and oxygen atoms in total. The Hall–Kier alpha value is -3.68. The van der Waals surface area contributed by atoms with Crippen LogP contribution in [-0.2, 0) is 24.1 Å². The van der Waals surface area contributed by atoms with E-state index in [0.29, 0.717) is 0 Å².